The summed E-state index contributed by atoms with van der Waals surface area (Å²) in [5.74, 6) is 0.832. The van der Waals surface area contributed by atoms with Gasteiger partial charge in [0.05, 0.1) is 17.7 Å². The normalized spacial score (nSPS) is 20.4. The molecule has 98 valence electrons. The lowest BCUT2D eigenvalue weighted by Gasteiger charge is -2.11. The number of aromatic nitrogens is 1. The Kier molecular flexibility index (Phi) is 4.65. The highest BCUT2D eigenvalue weighted by Crippen LogP contribution is 2.29. The van der Waals surface area contributed by atoms with Crippen LogP contribution in [0.25, 0.3) is 5.57 Å². The van der Waals surface area contributed by atoms with Crippen LogP contribution in [0.2, 0.25) is 0 Å². The van der Waals surface area contributed by atoms with Gasteiger partial charge in [-0.15, -0.1) is 11.6 Å². The molecular formula is C15H20ClNO. The van der Waals surface area contributed by atoms with E-state index in [1.807, 2.05) is 20.0 Å². The second-order valence-electron chi connectivity index (χ2n) is 5.03. The Balaban J connectivity index is 2.21. The predicted octanol–water partition coefficient (Wildman–Crippen LogP) is 4.43. The van der Waals surface area contributed by atoms with E-state index >= 15 is 0 Å². The lowest BCUT2D eigenvalue weighted by atomic mass is 10.0. The molecule has 18 heavy (non-hydrogen) atoms. The maximum atomic E-state index is 6.26. The van der Waals surface area contributed by atoms with Crippen LogP contribution >= 0.6 is 11.6 Å². The van der Waals surface area contributed by atoms with Crippen LogP contribution in [0, 0.1) is 0 Å². The van der Waals surface area contributed by atoms with Crippen molar-refractivity contribution >= 4 is 17.2 Å². The van der Waals surface area contributed by atoms with Crippen LogP contribution in [0.3, 0.4) is 0 Å². The smallest absolute Gasteiger partial charge is 0.138 e. The van der Waals surface area contributed by atoms with E-state index in [2.05, 4.69) is 17.1 Å². The van der Waals surface area contributed by atoms with E-state index in [1.165, 1.54) is 18.4 Å². The summed E-state index contributed by atoms with van der Waals surface area (Å²) in [4.78, 5) is 4.26. The molecule has 2 nitrogen and oxygen atoms in total. The van der Waals surface area contributed by atoms with Crippen LogP contribution in [-0.4, -0.2) is 16.5 Å². The minimum atomic E-state index is 0.150. The Bertz CT molecular complexity index is 428. The topological polar surface area (TPSA) is 22.1 Å². The highest BCUT2D eigenvalue weighted by Gasteiger charge is 2.12. The van der Waals surface area contributed by atoms with E-state index in [0.717, 1.165) is 24.2 Å². The standard InChI is InChI=1S/C15H20ClNO/c1-11(2)18-15-8-13(9-17-10-15)12-5-3-4-6-14(16)7-12/h7-11,14H,3-6H2,1-2H3. The average Bonchev–Trinajstić information content (AvgIpc) is 2.53. The van der Waals surface area contributed by atoms with Gasteiger partial charge < -0.3 is 4.74 Å². The van der Waals surface area contributed by atoms with Gasteiger partial charge in [-0.05, 0) is 50.3 Å². The largest absolute Gasteiger partial charge is 0.489 e. The van der Waals surface area contributed by atoms with E-state index in [9.17, 15) is 0 Å². The first-order valence-corrected chi connectivity index (χ1v) is 7.05. The summed E-state index contributed by atoms with van der Waals surface area (Å²) in [6.07, 6.45) is 10.5. The number of pyridine rings is 1. The maximum Gasteiger partial charge on any atom is 0.138 e. The second-order valence-corrected chi connectivity index (χ2v) is 5.59. The molecule has 1 aromatic heterocycles. The Morgan fingerprint density at radius 2 is 2.17 bits per heavy atom. The molecule has 2 rings (SSSR count). The van der Waals surface area contributed by atoms with Gasteiger partial charge in [-0.3, -0.25) is 4.98 Å². The van der Waals surface area contributed by atoms with Crippen molar-refractivity contribution < 1.29 is 4.74 Å². The predicted molar refractivity (Wildman–Crippen MR) is 76.1 cm³/mol. The SMILES string of the molecule is CC(C)Oc1cncc(C2=CC(Cl)CCCC2)c1. The van der Waals surface area contributed by atoms with Crippen LogP contribution in [-0.2, 0) is 0 Å². The van der Waals surface area contributed by atoms with Gasteiger partial charge in [0.15, 0.2) is 0 Å². The molecule has 0 bridgehead atoms. The van der Waals surface area contributed by atoms with Crippen molar-refractivity contribution in [3.8, 4) is 5.75 Å². The van der Waals surface area contributed by atoms with Crippen LogP contribution in [0.1, 0.15) is 45.1 Å². The third-order valence-electron chi connectivity index (χ3n) is 3.01. The second kappa shape index (κ2) is 6.24. The van der Waals surface area contributed by atoms with E-state index in [0.29, 0.717) is 0 Å². The highest BCUT2D eigenvalue weighted by molar-refractivity contribution is 6.22. The summed E-state index contributed by atoms with van der Waals surface area (Å²) in [7, 11) is 0. The van der Waals surface area contributed by atoms with E-state index < -0.39 is 0 Å². The fourth-order valence-corrected chi connectivity index (χ4v) is 2.52. The van der Waals surface area contributed by atoms with Gasteiger partial charge in [-0.25, -0.2) is 0 Å². The van der Waals surface area contributed by atoms with Gasteiger partial charge in [0.2, 0.25) is 0 Å². The molecule has 1 aromatic rings. The van der Waals surface area contributed by atoms with Crippen molar-refractivity contribution in [2.24, 2.45) is 0 Å². The summed E-state index contributed by atoms with van der Waals surface area (Å²) in [6, 6.07) is 2.06. The first kappa shape index (κ1) is 13.4. The molecule has 0 aliphatic heterocycles. The Morgan fingerprint density at radius 3 is 2.94 bits per heavy atom. The molecule has 1 atom stereocenters. The first-order valence-electron chi connectivity index (χ1n) is 6.62. The lowest BCUT2D eigenvalue weighted by Crippen LogP contribution is -2.06. The van der Waals surface area contributed by atoms with Crippen LogP contribution in [0.5, 0.6) is 5.75 Å². The van der Waals surface area contributed by atoms with E-state index in [1.54, 1.807) is 6.20 Å². The van der Waals surface area contributed by atoms with Crippen molar-refractivity contribution in [2.45, 2.75) is 51.0 Å². The average molecular weight is 266 g/mol. The zero-order valence-corrected chi connectivity index (χ0v) is 11.8. The molecule has 3 heteroatoms. The summed E-state index contributed by atoms with van der Waals surface area (Å²) in [5.41, 5.74) is 2.44. The third-order valence-corrected chi connectivity index (χ3v) is 3.36. The van der Waals surface area contributed by atoms with Crippen molar-refractivity contribution in [3.05, 3.63) is 30.1 Å². The van der Waals surface area contributed by atoms with Crippen molar-refractivity contribution in [2.75, 3.05) is 0 Å². The zero-order chi connectivity index (χ0) is 13.0. The molecular weight excluding hydrogens is 246 g/mol. The van der Waals surface area contributed by atoms with Crippen molar-refractivity contribution in [3.63, 3.8) is 0 Å². The Hall–Kier alpha value is -1.02. The molecule has 0 N–H and O–H groups in total. The zero-order valence-electron chi connectivity index (χ0n) is 11.0. The minimum Gasteiger partial charge on any atom is -0.489 e. The molecule has 1 heterocycles. The monoisotopic (exact) mass is 265 g/mol. The van der Waals surface area contributed by atoms with Gasteiger partial charge >= 0.3 is 0 Å². The molecule has 1 aliphatic carbocycles. The fourth-order valence-electron chi connectivity index (χ4n) is 2.21. The number of hydrogen-bond acceptors (Lipinski definition) is 2. The third kappa shape index (κ3) is 3.74. The quantitative estimate of drug-likeness (QED) is 0.754. The van der Waals surface area contributed by atoms with Crippen LogP contribution in [0.4, 0.5) is 0 Å². The summed E-state index contributed by atoms with van der Waals surface area (Å²) >= 11 is 6.26. The van der Waals surface area contributed by atoms with Crippen LogP contribution < -0.4 is 4.74 Å². The Labute approximate surface area is 114 Å². The summed E-state index contributed by atoms with van der Waals surface area (Å²) < 4.78 is 5.68. The van der Waals surface area contributed by atoms with E-state index in [4.69, 9.17) is 16.3 Å². The molecule has 0 radical (unpaired) electrons. The highest BCUT2D eigenvalue weighted by atomic mass is 35.5. The molecule has 0 saturated heterocycles. The van der Waals surface area contributed by atoms with Gasteiger partial charge in [0.1, 0.15) is 5.75 Å². The van der Waals surface area contributed by atoms with Crippen LogP contribution in [0.15, 0.2) is 24.5 Å². The van der Waals surface area contributed by atoms with Crippen molar-refractivity contribution in [1.29, 1.82) is 0 Å². The van der Waals surface area contributed by atoms with E-state index in [-0.39, 0.29) is 11.5 Å². The fraction of sp³-hybridized carbons (Fsp3) is 0.533. The summed E-state index contributed by atoms with van der Waals surface area (Å²) in [6.45, 7) is 4.04. The number of nitrogens with zero attached hydrogens (tertiary/aromatic N) is 1. The Morgan fingerprint density at radius 1 is 1.33 bits per heavy atom. The molecule has 1 unspecified atom stereocenters. The maximum absolute atomic E-state index is 6.26. The number of hydrogen-bond donors (Lipinski definition) is 0. The number of ether oxygens (including phenoxy) is 1. The number of allylic oxidation sites excluding steroid dienone is 2. The molecule has 0 amide bonds. The molecule has 0 spiro atoms. The summed E-state index contributed by atoms with van der Waals surface area (Å²) in [5, 5.41) is 0.150. The number of alkyl halides is 1. The molecule has 1 aliphatic rings. The first-order chi connectivity index (χ1) is 8.65. The molecule has 0 fully saturated rings. The van der Waals surface area contributed by atoms with Gasteiger partial charge in [0, 0.05) is 6.20 Å². The van der Waals surface area contributed by atoms with Crippen molar-refractivity contribution in [1.82, 2.24) is 4.98 Å². The minimum absolute atomic E-state index is 0.150. The number of rotatable bonds is 3. The number of halogens is 1. The lowest BCUT2D eigenvalue weighted by molar-refractivity contribution is 0.241. The molecule has 0 saturated carbocycles. The van der Waals surface area contributed by atoms with Gasteiger partial charge in [0.25, 0.3) is 0 Å². The van der Waals surface area contributed by atoms with Gasteiger partial charge in [-0.1, -0.05) is 12.5 Å². The van der Waals surface area contributed by atoms with Gasteiger partial charge in [-0.2, -0.15) is 0 Å². The molecule has 0 aromatic carbocycles.